The molecule has 116 valence electrons. The SMILES string of the molecule is CCOC(=O)CCC(=O)c1ccc(C#CCC(=O)OC)cc1. The Hall–Kier alpha value is -2.61. The van der Waals surface area contributed by atoms with Gasteiger partial charge in [0.05, 0.1) is 20.1 Å². The Bertz CT molecular complexity index is 590. The van der Waals surface area contributed by atoms with Gasteiger partial charge in [-0.1, -0.05) is 24.0 Å². The first-order chi connectivity index (χ1) is 10.6. The number of carbonyl (C=O) groups excluding carboxylic acids is 3. The summed E-state index contributed by atoms with van der Waals surface area (Å²) in [5.74, 6) is 4.60. The van der Waals surface area contributed by atoms with E-state index in [2.05, 4.69) is 16.6 Å². The molecule has 0 heterocycles. The van der Waals surface area contributed by atoms with Gasteiger partial charge in [-0.3, -0.25) is 14.4 Å². The number of ketones is 1. The smallest absolute Gasteiger partial charge is 0.317 e. The number of rotatable bonds is 6. The van der Waals surface area contributed by atoms with Crippen molar-refractivity contribution < 1.29 is 23.9 Å². The predicted molar refractivity (Wildman–Crippen MR) is 80.2 cm³/mol. The summed E-state index contributed by atoms with van der Waals surface area (Å²) in [6.07, 6.45) is 0.219. The molecule has 1 aromatic rings. The Balaban J connectivity index is 2.55. The zero-order chi connectivity index (χ0) is 16.4. The zero-order valence-corrected chi connectivity index (χ0v) is 12.7. The molecule has 5 heteroatoms. The highest BCUT2D eigenvalue weighted by atomic mass is 16.5. The predicted octanol–water partition coefficient (Wildman–Crippen LogP) is 2.13. The molecule has 0 N–H and O–H groups in total. The lowest BCUT2D eigenvalue weighted by Gasteiger charge is -2.02. The van der Waals surface area contributed by atoms with Crippen LogP contribution in [-0.4, -0.2) is 31.4 Å². The molecule has 0 aromatic heterocycles. The molecular weight excluding hydrogens is 284 g/mol. The average Bonchev–Trinajstić information content (AvgIpc) is 2.53. The van der Waals surface area contributed by atoms with Crippen LogP contribution in [-0.2, 0) is 19.1 Å². The maximum absolute atomic E-state index is 11.9. The van der Waals surface area contributed by atoms with Crippen LogP contribution in [0.25, 0.3) is 0 Å². The molecule has 0 spiro atoms. The molecule has 5 nitrogen and oxygen atoms in total. The topological polar surface area (TPSA) is 69.7 Å². The minimum absolute atomic E-state index is 0.0245. The highest BCUT2D eigenvalue weighted by Crippen LogP contribution is 2.08. The van der Waals surface area contributed by atoms with Crippen LogP contribution < -0.4 is 0 Å². The van der Waals surface area contributed by atoms with E-state index in [1.54, 1.807) is 31.2 Å². The molecule has 0 aliphatic heterocycles. The highest BCUT2D eigenvalue weighted by Gasteiger charge is 2.09. The number of Topliss-reactive ketones (excluding diaryl/α,β-unsaturated/α-hetero) is 1. The summed E-state index contributed by atoms with van der Waals surface area (Å²) in [6, 6.07) is 6.69. The van der Waals surface area contributed by atoms with Gasteiger partial charge in [-0.25, -0.2) is 0 Å². The lowest BCUT2D eigenvalue weighted by molar-refractivity contribution is -0.143. The second-order valence-electron chi connectivity index (χ2n) is 4.36. The third-order valence-corrected chi connectivity index (χ3v) is 2.76. The molecule has 0 amide bonds. The first-order valence-corrected chi connectivity index (χ1v) is 6.91. The van der Waals surface area contributed by atoms with Gasteiger partial charge in [0.1, 0.15) is 6.42 Å². The van der Waals surface area contributed by atoms with E-state index >= 15 is 0 Å². The number of benzene rings is 1. The van der Waals surface area contributed by atoms with Crippen LogP contribution >= 0.6 is 0 Å². The average molecular weight is 302 g/mol. The van der Waals surface area contributed by atoms with Crippen molar-refractivity contribution in [2.75, 3.05) is 13.7 Å². The third-order valence-electron chi connectivity index (χ3n) is 2.76. The normalized spacial score (nSPS) is 9.36. The van der Waals surface area contributed by atoms with Gasteiger partial charge >= 0.3 is 11.9 Å². The molecule has 0 atom stereocenters. The van der Waals surface area contributed by atoms with Gasteiger partial charge in [0, 0.05) is 17.5 Å². The van der Waals surface area contributed by atoms with Gasteiger partial charge < -0.3 is 9.47 Å². The summed E-state index contributed by atoms with van der Waals surface area (Å²) >= 11 is 0. The maximum atomic E-state index is 11.9. The Labute approximate surface area is 129 Å². The van der Waals surface area contributed by atoms with Gasteiger partial charge in [-0.2, -0.15) is 0 Å². The summed E-state index contributed by atoms with van der Waals surface area (Å²) in [5, 5.41) is 0. The van der Waals surface area contributed by atoms with Gasteiger partial charge in [0.2, 0.25) is 0 Å². The van der Waals surface area contributed by atoms with E-state index in [9.17, 15) is 14.4 Å². The molecule has 0 fully saturated rings. The molecule has 0 aliphatic carbocycles. The molecule has 0 radical (unpaired) electrons. The quantitative estimate of drug-likeness (QED) is 0.457. The summed E-state index contributed by atoms with van der Waals surface area (Å²) in [4.78, 5) is 34.0. The van der Waals surface area contributed by atoms with Crippen LogP contribution in [0.5, 0.6) is 0 Å². The van der Waals surface area contributed by atoms with Crippen molar-refractivity contribution in [1.82, 2.24) is 0 Å². The third kappa shape index (κ3) is 6.23. The van der Waals surface area contributed by atoms with E-state index in [1.807, 2.05) is 0 Å². The molecule has 0 unspecified atom stereocenters. The van der Waals surface area contributed by atoms with Gasteiger partial charge in [-0.05, 0) is 19.1 Å². The van der Waals surface area contributed by atoms with Crippen LogP contribution in [0.3, 0.4) is 0 Å². The minimum atomic E-state index is -0.390. The van der Waals surface area contributed by atoms with Crippen LogP contribution in [0.2, 0.25) is 0 Å². The molecule has 22 heavy (non-hydrogen) atoms. The molecule has 0 saturated carbocycles. The zero-order valence-electron chi connectivity index (χ0n) is 12.7. The molecule has 0 saturated heterocycles. The second kappa shape index (κ2) is 9.35. The Morgan fingerprint density at radius 2 is 1.73 bits per heavy atom. The van der Waals surface area contributed by atoms with Crippen LogP contribution in [0.1, 0.15) is 42.1 Å². The molecule has 0 bridgehead atoms. The van der Waals surface area contributed by atoms with Crippen LogP contribution in [0, 0.1) is 11.8 Å². The number of ether oxygens (including phenoxy) is 2. The number of esters is 2. The van der Waals surface area contributed by atoms with Gasteiger partial charge in [-0.15, -0.1) is 0 Å². The largest absolute Gasteiger partial charge is 0.468 e. The van der Waals surface area contributed by atoms with Crippen molar-refractivity contribution in [3.05, 3.63) is 35.4 Å². The van der Waals surface area contributed by atoms with Crippen molar-refractivity contribution >= 4 is 17.7 Å². The van der Waals surface area contributed by atoms with E-state index in [0.717, 1.165) is 0 Å². The van der Waals surface area contributed by atoms with Crippen molar-refractivity contribution in [3.8, 4) is 11.8 Å². The van der Waals surface area contributed by atoms with Crippen molar-refractivity contribution in [2.24, 2.45) is 0 Å². The minimum Gasteiger partial charge on any atom is -0.468 e. The number of carbonyl (C=O) groups is 3. The number of hydrogen-bond acceptors (Lipinski definition) is 5. The Morgan fingerprint density at radius 1 is 1.05 bits per heavy atom. The monoisotopic (exact) mass is 302 g/mol. The highest BCUT2D eigenvalue weighted by molar-refractivity contribution is 5.97. The van der Waals surface area contributed by atoms with Gasteiger partial charge in [0.15, 0.2) is 5.78 Å². The fraction of sp³-hybridized carbons (Fsp3) is 0.353. The Kier molecular flexibility index (Phi) is 7.41. The second-order valence-corrected chi connectivity index (χ2v) is 4.36. The van der Waals surface area contributed by atoms with Crippen molar-refractivity contribution in [1.29, 1.82) is 0 Å². The fourth-order valence-electron chi connectivity index (χ4n) is 1.62. The van der Waals surface area contributed by atoms with E-state index in [4.69, 9.17) is 4.74 Å². The number of hydrogen-bond donors (Lipinski definition) is 0. The van der Waals surface area contributed by atoms with E-state index in [0.29, 0.717) is 17.7 Å². The molecule has 0 aliphatic rings. The number of methoxy groups -OCH3 is 1. The summed E-state index contributed by atoms with van der Waals surface area (Å²) < 4.78 is 9.25. The summed E-state index contributed by atoms with van der Waals surface area (Å²) in [6.45, 7) is 2.03. The fourth-order valence-corrected chi connectivity index (χ4v) is 1.62. The van der Waals surface area contributed by atoms with Crippen LogP contribution in [0.4, 0.5) is 0 Å². The first kappa shape index (κ1) is 17.4. The van der Waals surface area contributed by atoms with E-state index in [1.165, 1.54) is 7.11 Å². The molecule has 1 rings (SSSR count). The van der Waals surface area contributed by atoms with Crippen molar-refractivity contribution in [3.63, 3.8) is 0 Å². The summed E-state index contributed by atoms with van der Waals surface area (Å²) in [5.41, 5.74) is 1.22. The standard InChI is InChI=1S/C17H18O5/c1-3-22-17(20)12-11-15(18)14-9-7-13(8-10-14)5-4-6-16(19)21-2/h7-10H,3,6,11-12H2,1-2H3. The summed E-state index contributed by atoms with van der Waals surface area (Å²) in [7, 11) is 1.31. The van der Waals surface area contributed by atoms with E-state index in [-0.39, 0.29) is 31.0 Å². The maximum Gasteiger partial charge on any atom is 0.317 e. The van der Waals surface area contributed by atoms with Crippen LogP contribution in [0.15, 0.2) is 24.3 Å². The van der Waals surface area contributed by atoms with E-state index < -0.39 is 5.97 Å². The lowest BCUT2D eigenvalue weighted by Crippen LogP contribution is -2.07. The Morgan fingerprint density at radius 3 is 2.32 bits per heavy atom. The van der Waals surface area contributed by atoms with Crippen molar-refractivity contribution in [2.45, 2.75) is 26.2 Å². The first-order valence-electron chi connectivity index (χ1n) is 6.91. The lowest BCUT2D eigenvalue weighted by atomic mass is 10.0. The molecule has 1 aromatic carbocycles. The molecular formula is C17H18O5. The van der Waals surface area contributed by atoms with Gasteiger partial charge in [0.25, 0.3) is 0 Å².